The van der Waals surface area contributed by atoms with E-state index in [1.165, 1.54) is 7.11 Å². The smallest absolute Gasteiger partial charge is 0.307 e. The molecule has 1 atom stereocenters. The Morgan fingerprint density at radius 1 is 1.17 bits per heavy atom. The standard InChI is InChI=1S/C16H20F2N2O4/c1-9(2)14(16(23)19-8-7-12(21)24-3)20-15(22)13-10(17)5-4-6-11(13)18/h4-6,9,14H,7-8H2,1-3H3,(H,19,23)(H,20,22)/t14-/m0/s1. The number of nitrogens with one attached hydrogen (secondary N) is 2. The summed E-state index contributed by atoms with van der Waals surface area (Å²) >= 11 is 0. The van der Waals surface area contributed by atoms with Crippen LogP contribution < -0.4 is 10.6 Å². The van der Waals surface area contributed by atoms with Gasteiger partial charge >= 0.3 is 5.97 Å². The molecule has 0 bridgehead atoms. The molecule has 8 heteroatoms. The number of hydrogen-bond acceptors (Lipinski definition) is 4. The van der Waals surface area contributed by atoms with E-state index < -0.39 is 41.0 Å². The average Bonchev–Trinajstić information content (AvgIpc) is 2.51. The molecule has 0 heterocycles. The third kappa shape index (κ3) is 5.29. The molecule has 0 radical (unpaired) electrons. The van der Waals surface area contributed by atoms with E-state index in [4.69, 9.17) is 0 Å². The predicted octanol–water partition coefficient (Wildman–Crippen LogP) is 1.40. The lowest BCUT2D eigenvalue weighted by Gasteiger charge is -2.22. The first-order chi connectivity index (χ1) is 11.3. The molecule has 2 N–H and O–H groups in total. The molecule has 0 aliphatic heterocycles. The highest BCUT2D eigenvalue weighted by Crippen LogP contribution is 2.13. The highest BCUT2D eigenvalue weighted by molar-refractivity contribution is 5.98. The lowest BCUT2D eigenvalue weighted by atomic mass is 10.0. The zero-order chi connectivity index (χ0) is 18.3. The lowest BCUT2D eigenvalue weighted by molar-refractivity contribution is -0.140. The van der Waals surface area contributed by atoms with Crippen LogP contribution in [0, 0.1) is 17.6 Å². The monoisotopic (exact) mass is 342 g/mol. The minimum Gasteiger partial charge on any atom is -0.469 e. The fourth-order valence-corrected chi connectivity index (χ4v) is 1.96. The van der Waals surface area contributed by atoms with Crippen LogP contribution in [0.4, 0.5) is 8.78 Å². The van der Waals surface area contributed by atoms with Gasteiger partial charge in [-0.25, -0.2) is 8.78 Å². The molecule has 132 valence electrons. The number of ether oxygens (including phenoxy) is 1. The summed E-state index contributed by atoms with van der Waals surface area (Å²) in [5.74, 6) is -4.43. The van der Waals surface area contributed by atoms with Crippen molar-refractivity contribution in [3.05, 3.63) is 35.4 Å². The van der Waals surface area contributed by atoms with Gasteiger partial charge in [-0.05, 0) is 18.1 Å². The van der Waals surface area contributed by atoms with Crippen LogP contribution in [0.5, 0.6) is 0 Å². The summed E-state index contributed by atoms with van der Waals surface area (Å²) in [6, 6.07) is 2.05. The second-order valence-corrected chi connectivity index (χ2v) is 5.41. The Labute approximate surface area is 138 Å². The average molecular weight is 342 g/mol. The van der Waals surface area contributed by atoms with E-state index in [1.54, 1.807) is 13.8 Å². The molecule has 6 nitrogen and oxygen atoms in total. The van der Waals surface area contributed by atoms with Gasteiger partial charge in [-0.15, -0.1) is 0 Å². The quantitative estimate of drug-likeness (QED) is 0.734. The van der Waals surface area contributed by atoms with Crippen LogP contribution in [0.2, 0.25) is 0 Å². The van der Waals surface area contributed by atoms with Gasteiger partial charge in [-0.2, -0.15) is 0 Å². The van der Waals surface area contributed by atoms with Crippen molar-refractivity contribution < 1.29 is 27.9 Å². The minimum atomic E-state index is -1.02. The number of methoxy groups -OCH3 is 1. The van der Waals surface area contributed by atoms with Crippen LogP contribution in [-0.2, 0) is 14.3 Å². The molecule has 0 aliphatic carbocycles. The van der Waals surface area contributed by atoms with E-state index in [2.05, 4.69) is 15.4 Å². The van der Waals surface area contributed by atoms with Crippen molar-refractivity contribution in [2.24, 2.45) is 5.92 Å². The number of halogens is 2. The molecule has 2 amide bonds. The molecule has 0 fully saturated rings. The van der Waals surface area contributed by atoms with Crippen molar-refractivity contribution >= 4 is 17.8 Å². The van der Waals surface area contributed by atoms with Crippen molar-refractivity contribution in [3.63, 3.8) is 0 Å². The Balaban J connectivity index is 2.77. The molecular weight excluding hydrogens is 322 g/mol. The molecule has 24 heavy (non-hydrogen) atoms. The van der Waals surface area contributed by atoms with Gasteiger partial charge in [-0.3, -0.25) is 14.4 Å². The molecule has 1 rings (SSSR count). The third-order valence-corrected chi connectivity index (χ3v) is 3.28. The Hall–Kier alpha value is -2.51. The molecule has 1 aromatic rings. The van der Waals surface area contributed by atoms with Gasteiger partial charge in [-0.1, -0.05) is 19.9 Å². The van der Waals surface area contributed by atoms with Gasteiger partial charge in [0.1, 0.15) is 23.2 Å². The second-order valence-electron chi connectivity index (χ2n) is 5.41. The maximum atomic E-state index is 13.6. The highest BCUT2D eigenvalue weighted by Gasteiger charge is 2.27. The highest BCUT2D eigenvalue weighted by atomic mass is 19.1. The fraction of sp³-hybridized carbons (Fsp3) is 0.438. The molecule has 0 saturated heterocycles. The number of carbonyl (C=O) groups is 3. The number of carbonyl (C=O) groups excluding carboxylic acids is 3. The Morgan fingerprint density at radius 3 is 2.25 bits per heavy atom. The van der Waals surface area contributed by atoms with Gasteiger partial charge < -0.3 is 15.4 Å². The summed E-state index contributed by atoms with van der Waals surface area (Å²) in [6.07, 6.45) is -0.0249. The molecule has 0 unspecified atom stereocenters. The van der Waals surface area contributed by atoms with Crippen molar-refractivity contribution in [1.82, 2.24) is 10.6 Å². The van der Waals surface area contributed by atoms with E-state index in [0.29, 0.717) is 0 Å². The van der Waals surface area contributed by atoms with Crippen molar-refractivity contribution in [2.45, 2.75) is 26.3 Å². The SMILES string of the molecule is COC(=O)CCNC(=O)[C@@H](NC(=O)c1c(F)cccc1F)C(C)C. The van der Waals surface area contributed by atoms with E-state index >= 15 is 0 Å². The number of rotatable bonds is 7. The number of esters is 1. The molecule has 0 saturated carbocycles. The van der Waals surface area contributed by atoms with Gasteiger partial charge in [0.05, 0.1) is 13.5 Å². The summed E-state index contributed by atoms with van der Waals surface area (Å²) in [6.45, 7) is 3.36. The maximum Gasteiger partial charge on any atom is 0.307 e. The topological polar surface area (TPSA) is 84.5 Å². The van der Waals surface area contributed by atoms with Gasteiger partial charge in [0.2, 0.25) is 5.91 Å². The van der Waals surface area contributed by atoms with Crippen LogP contribution in [0.25, 0.3) is 0 Å². The van der Waals surface area contributed by atoms with Crippen molar-refractivity contribution in [2.75, 3.05) is 13.7 Å². The fourth-order valence-electron chi connectivity index (χ4n) is 1.96. The Morgan fingerprint density at radius 2 is 1.75 bits per heavy atom. The van der Waals surface area contributed by atoms with E-state index in [0.717, 1.165) is 18.2 Å². The Kier molecular flexibility index (Phi) is 7.29. The number of hydrogen-bond donors (Lipinski definition) is 2. The normalized spacial score (nSPS) is 11.8. The first-order valence-corrected chi connectivity index (χ1v) is 7.37. The Bertz CT molecular complexity index is 600. The molecule has 0 aliphatic rings. The predicted molar refractivity (Wildman–Crippen MR) is 82.1 cm³/mol. The molecule has 0 aromatic heterocycles. The zero-order valence-electron chi connectivity index (χ0n) is 13.7. The summed E-state index contributed by atoms with van der Waals surface area (Å²) < 4.78 is 31.7. The van der Waals surface area contributed by atoms with Crippen molar-refractivity contribution in [3.8, 4) is 0 Å². The van der Waals surface area contributed by atoms with Crippen LogP contribution in [0.1, 0.15) is 30.6 Å². The summed E-state index contributed by atoms with van der Waals surface area (Å²) in [5.41, 5.74) is -0.745. The van der Waals surface area contributed by atoms with E-state index in [-0.39, 0.29) is 18.9 Å². The van der Waals surface area contributed by atoms with Crippen LogP contribution in [-0.4, -0.2) is 37.5 Å². The van der Waals surface area contributed by atoms with Gasteiger partial charge in [0.25, 0.3) is 5.91 Å². The van der Waals surface area contributed by atoms with Gasteiger partial charge in [0, 0.05) is 6.54 Å². The lowest BCUT2D eigenvalue weighted by Crippen LogP contribution is -2.50. The molecule has 1 aromatic carbocycles. The summed E-state index contributed by atoms with van der Waals surface area (Å²) in [5, 5.41) is 4.79. The first kappa shape index (κ1) is 19.5. The van der Waals surface area contributed by atoms with Crippen molar-refractivity contribution in [1.29, 1.82) is 0 Å². The van der Waals surface area contributed by atoms with Crippen LogP contribution >= 0.6 is 0 Å². The van der Waals surface area contributed by atoms with Gasteiger partial charge in [0.15, 0.2) is 0 Å². The van der Waals surface area contributed by atoms with Crippen LogP contribution in [0.3, 0.4) is 0 Å². The summed E-state index contributed by atoms with van der Waals surface area (Å²) in [7, 11) is 1.23. The largest absolute Gasteiger partial charge is 0.469 e. The van der Waals surface area contributed by atoms with E-state index in [9.17, 15) is 23.2 Å². The van der Waals surface area contributed by atoms with E-state index in [1.807, 2.05) is 0 Å². The minimum absolute atomic E-state index is 0.0249. The maximum absolute atomic E-state index is 13.6. The zero-order valence-corrected chi connectivity index (χ0v) is 13.7. The number of amides is 2. The third-order valence-electron chi connectivity index (χ3n) is 3.28. The number of benzene rings is 1. The summed E-state index contributed by atoms with van der Waals surface area (Å²) in [4.78, 5) is 35.2. The van der Waals surface area contributed by atoms with Crippen LogP contribution in [0.15, 0.2) is 18.2 Å². The molecular formula is C16H20F2N2O4. The molecule has 0 spiro atoms. The second kappa shape index (κ2) is 8.95. The first-order valence-electron chi connectivity index (χ1n) is 7.37.